The van der Waals surface area contributed by atoms with Gasteiger partial charge in [-0.2, -0.15) is 0 Å². The fraction of sp³-hybridized carbons (Fsp3) is 0.133. The lowest BCUT2D eigenvalue weighted by Crippen LogP contribution is -2.36. The third-order valence-electron chi connectivity index (χ3n) is 6.78. The second-order valence-corrected chi connectivity index (χ2v) is 8.86. The van der Waals surface area contributed by atoms with Crippen LogP contribution < -0.4 is 5.46 Å². The summed E-state index contributed by atoms with van der Waals surface area (Å²) < 4.78 is 0. The summed E-state index contributed by atoms with van der Waals surface area (Å²) in [4.78, 5) is 2.42. The Hall–Kier alpha value is -3.44. The first kappa shape index (κ1) is 22.4. The van der Waals surface area contributed by atoms with E-state index in [0.29, 0.717) is 12.0 Å². The Morgan fingerprint density at radius 3 is 1.88 bits per heavy atom. The summed E-state index contributed by atoms with van der Waals surface area (Å²) in [7, 11) is -1.50. The summed E-state index contributed by atoms with van der Waals surface area (Å²) in [5.74, 6) is 0. The van der Waals surface area contributed by atoms with E-state index in [1.54, 1.807) is 6.07 Å². The Bertz CT molecular complexity index is 1360. The number of hydrogen-bond acceptors (Lipinski definition) is 3. The molecule has 168 valence electrons. The molecule has 0 aliphatic carbocycles. The molecule has 0 fully saturated rings. The van der Waals surface area contributed by atoms with Crippen molar-refractivity contribution in [3.63, 3.8) is 0 Å². The molecule has 0 heterocycles. The van der Waals surface area contributed by atoms with Gasteiger partial charge in [-0.3, -0.25) is 4.90 Å². The highest BCUT2D eigenvalue weighted by Gasteiger charge is 2.22. The highest BCUT2D eigenvalue weighted by Crippen LogP contribution is 2.32. The van der Waals surface area contributed by atoms with Gasteiger partial charge in [0.05, 0.1) is 0 Å². The molecule has 1 atom stereocenters. The smallest absolute Gasteiger partial charge is 0.423 e. The molecule has 0 saturated carbocycles. The Labute approximate surface area is 201 Å². The maximum absolute atomic E-state index is 9.98. The first-order valence-corrected chi connectivity index (χ1v) is 11.7. The normalized spacial score (nSPS) is 12.4. The molecular formula is C30H28BNO2. The summed E-state index contributed by atoms with van der Waals surface area (Å²) in [5.41, 5.74) is 3.99. The highest BCUT2D eigenvalue weighted by atomic mass is 16.4. The second kappa shape index (κ2) is 9.82. The molecule has 0 aliphatic rings. The van der Waals surface area contributed by atoms with E-state index in [2.05, 4.69) is 90.7 Å². The van der Waals surface area contributed by atoms with Gasteiger partial charge >= 0.3 is 7.12 Å². The van der Waals surface area contributed by atoms with Crippen LogP contribution in [0.25, 0.3) is 21.5 Å². The molecule has 5 aromatic rings. The van der Waals surface area contributed by atoms with E-state index in [0.717, 1.165) is 12.1 Å². The predicted octanol–water partition coefficient (Wildman–Crippen LogP) is 5.44. The van der Waals surface area contributed by atoms with Gasteiger partial charge in [-0.15, -0.1) is 0 Å². The molecule has 2 N–H and O–H groups in total. The zero-order valence-corrected chi connectivity index (χ0v) is 19.3. The van der Waals surface area contributed by atoms with Gasteiger partial charge in [-0.1, -0.05) is 103 Å². The van der Waals surface area contributed by atoms with Crippen molar-refractivity contribution in [2.24, 2.45) is 0 Å². The van der Waals surface area contributed by atoms with E-state index in [1.807, 2.05) is 24.3 Å². The van der Waals surface area contributed by atoms with Crippen molar-refractivity contribution in [2.75, 3.05) is 0 Å². The quantitative estimate of drug-likeness (QED) is 0.259. The number of fused-ring (bicyclic) bond motifs is 2. The van der Waals surface area contributed by atoms with E-state index in [-0.39, 0.29) is 6.04 Å². The predicted molar refractivity (Wildman–Crippen MR) is 142 cm³/mol. The number of hydrogen-bond donors (Lipinski definition) is 2. The van der Waals surface area contributed by atoms with E-state index in [1.165, 1.54) is 32.7 Å². The average Bonchev–Trinajstić information content (AvgIpc) is 2.88. The third kappa shape index (κ3) is 4.49. The highest BCUT2D eigenvalue weighted by molar-refractivity contribution is 6.59. The Morgan fingerprint density at radius 1 is 0.676 bits per heavy atom. The van der Waals surface area contributed by atoms with Crippen LogP contribution >= 0.6 is 0 Å². The molecule has 0 saturated heterocycles. The largest absolute Gasteiger partial charge is 0.488 e. The van der Waals surface area contributed by atoms with Crippen molar-refractivity contribution in [1.29, 1.82) is 0 Å². The maximum atomic E-state index is 9.98. The van der Waals surface area contributed by atoms with Gasteiger partial charge in [-0.05, 0) is 56.7 Å². The van der Waals surface area contributed by atoms with Crippen LogP contribution in [-0.4, -0.2) is 22.1 Å². The molecule has 0 aromatic heterocycles. The second-order valence-electron chi connectivity index (χ2n) is 8.86. The molecule has 34 heavy (non-hydrogen) atoms. The molecule has 5 aromatic carbocycles. The summed E-state index contributed by atoms with van der Waals surface area (Å²) in [6.07, 6.45) is 0. The minimum atomic E-state index is -1.50. The summed E-state index contributed by atoms with van der Waals surface area (Å²) in [6, 6.07) is 37.6. The van der Waals surface area contributed by atoms with Gasteiger partial charge < -0.3 is 10.0 Å². The minimum absolute atomic E-state index is 0.128. The number of rotatable bonds is 7. The lowest BCUT2D eigenvalue weighted by atomic mass is 9.77. The molecule has 1 unspecified atom stereocenters. The number of nitrogens with zero attached hydrogens (tertiary/aromatic N) is 1. The Balaban J connectivity index is 1.64. The standard InChI is InChI=1S/C30H28BNO2/c1-22(23-11-3-2-4-12-23)32(20-26-15-7-10-18-30(26)31(33)34)21-29-27-16-8-5-13-24(27)19-25-14-6-9-17-28(25)29/h2-19,22,33-34H,20-21H2,1H3. The maximum Gasteiger partial charge on any atom is 0.488 e. The first-order chi connectivity index (χ1) is 16.6. The molecular weight excluding hydrogens is 417 g/mol. The Morgan fingerprint density at radius 2 is 1.24 bits per heavy atom. The lowest BCUT2D eigenvalue weighted by molar-refractivity contribution is 0.194. The minimum Gasteiger partial charge on any atom is -0.423 e. The van der Waals surface area contributed by atoms with Gasteiger partial charge in [0.1, 0.15) is 0 Å². The van der Waals surface area contributed by atoms with Crippen molar-refractivity contribution in [3.8, 4) is 0 Å². The first-order valence-electron chi connectivity index (χ1n) is 11.7. The van der Waals surface area contributed by atoms with Crippen molar-refractivity contribution in [2.45, 2.75) is 26.1 Å². The zero-order valence-electron chi connectivity index (χ0n) is 19.3. The van der Waals surface area contributed by atoms with E-state index < -0.39 is 7.12 Å². The van der Waals surface area contributed by atoms with Crippen LogP contribution in [0.3, 0.4) is 0 Å². The van der Waals surface area contributed by atoms with Crippen molar-refractivity contribution in [1.82, 2.24) is 4.90 Å². The van der Waals surface area contributed by atoms with Crippen molar-refractivity contribution in [3.05, 3.63) is 126 Å². The Kier molecular flexibility index (Phi) is 6.46. The SMILES string of the molecule is CC(c1ccccc1)N(Cc1ccccc1B(O)O)Cc1c2ccccc2cc2ccccc12. The van der Waals surface area contributed by atoms with Crippen LogP contribution in [0.5, 0.6) is 0 Å². The molecule has 0 radical (unpaired) electrons. The molecule has 5 rings (SSSR count). The summed E-state index contributed by atoms with van der Waals surface area (Å²) in [6.45, 7) is 3.55. The van der Waals surface area contributed by atoms with Crippen LogP contribution in [0.2, 0.25) is 0 Å². The fourth-order valence-corrected chi connectivity index (χ4v) is 4.90. The van der Waals surface area contributed by atoms with Gasteiger partial charge in [0.2, 0.25) is 0 Å². The van der Waals surface area contributed by atoms with Gasteiger partial charge in [0, 0.05) is 19.1 Å². The monoisotopic (exact) mass is 445 g/mol. The van der Waals surface area contributed by atoms with Gasteiger partial charge in [-0.25, -0.2) is 0 Å². The zero-order chi connectivity index (χ0) is 23.5. The topological polar surface area (TPSA) is 43.7 Å². The van der Waals surface area contributed by atoms with Gasteiger partial charge in [0.15, 0.2) is 0 Å². The molecule has 0 amide bonds. The van der Waals surface area contributed by atoms with E-state index >= 15 is 0 Å². The fourth-order valence-electron chi connectivity index (χ4n) is 4.90. The molecule has 0 aliphatic heterocycles. The lowest BCUT2D eigenvalue weighted by Gasteiger charge is -2.31. The van der Waals surface area contributed by atoms with E-state index in [9.17, 15) is 10.0 Å². The summed E-state index contributed by atoms with van der Waals surface area (Å²) in [5, 5.41) is 24.9. The van der Waals surface area contributed by atoms with Crippen molar-refractivity contribution < 1.29 is 10.0 Å². The van der Waals surface area contributed by atoms with E-state index in [4.69, 9.17) is 0 Å². The van der Waals surface area contributed by atoms with Crippen LogP contribution in [0.4, 0.5) is 0 Å². The third-order valence-corrected chi connectivity index (χ3v) is 6.78. The van der Waals surface area contributed by atoms with Crippen LogP contribution in [0.15, 0.2) is 109 Å². The average molecular weight is 445 g/mol. The number of benzene rings is 5. The van der Waals surface area contributed by atoms with Crippen LogP contribution in [0, 0.1) is 0 Å². The molecule has 0 spiro atoms. The van der Waals surface area contributed by atoms with Gasteiger partial charge in [0.25, 0.3) is 0 Å². The van der Waals surface area contributed by atoms with Crippen LogP contribution in [0.1, 0.15) is 29.7 Å². The molecule has 0 bridgehead atoms. The van der Waals surface area contributed by atoms with Crippen LogP contribution in [-0.2, 0) is 13.1 Å². The summed E-state index contributed by atoms with van der Waals surface area (Å²) >= 11 is 0. The van der Waals surface area contributed by atoms with Crippen molar-refractivity contribution >= 4 is 34.1 Å². The molecule has 3 nitrogen and oxygen atoms in total. The molecule has 4 heteroatoms.